The van der Waals surface area contributed by atoms with Crippen molar-refractivity contribution < 1.29 is 9.50 Å². The molecule has 5 heteroatoms. The highest BCUT2D eigenvalue weighted by Gasteiger charge is 2.23. The van der Waals surface area contributed by atoms with Crippen LogP contribution in [0.5, 0.6) is 0 Å². The third-order valence-electron chi connectivity index (χ3n) is 3.50. The van der Waals surface area contributed by atoms with E-state index in [1.54, 1.807) is 0 Å². The van der Waals surface area contributed by atoms with Gasteiger partial charge < -0.3 is 9.67 Å². The number of aromatic nitrogens is 1. The molecule has 0 amide bonds. The van der Waals surface area contributed by atoms with Crippen molar-refractivity contribution in [1.29, 1.82) is 0 Å². The van der Waals surface area contributed by atoms with Gasteiger partial charge in [-0.2, -0.15) is 0 Å². The van der Waals surface area contributed by atoms with Gasteiger partial charge in [-0.1, -0.05) is 11.6 Å². The molecule has 2 nitrogen and oxygen atoms in total. The van der Waals surface area contributed by atoms with Crippen molar-refractivity contribution >= 4 is 27.5 Å². The third kappa shape index (κ3) is 2.22. The van der Waals surface area contributed by atoms with Crippen LogP contribution in [-0.2, 0) is 6.42 Å². The lowest BCUT2D eigenvalue weighted by molar-refractivity contribution is 0.156. The highest BCUT2D eigenvalue weighted by Crippen LogP contribution is 2.36. The molecule has 1 aromatic carbocycles. The Hall–Kier alpha value is -0.840. The van der Waals surface area contributed by atoms with Crippen molar-refractivity contribution in [3.8, 4) is 5.69 Å². The van der Waals surface area contributed by atoms with Crippen LogP contribution in [0.4, 0.5) is 4.39 Å². The SMILES string of the molecule is OC1CCCc2c1ccn2-c1c(Cl)cc(F)cc1Br. The standard InChI is InChI=1S/C14H12BrClFNO/c15-10-6-8(17)7-11(16)14(10)18-5-4-9-12(18)2-1-3-13(9)19/h4-7,13,19H,1-3H2. The molecule has 0 bridgehead atoms. The fourth-order valence-corrected chi connectivity index (χ4v) is 3.68. The largest absolute Gasteiger partial charge is 0.388 e. The summed E-state index contributed by atoms with van der Waals surface area (Å²) in [5.41, 5.74) is 2.71. The van der Waals surface area contributed by atoms with E-state index in [0.29, 0.717) is 9.50 Å². The molecule has 0 aliphatic heterocycles. The van der Waals surface area contributed by atoms with Crippen LogP contribution in [0.2, 0.25) is 5.02 Å². The molecule has 1 N–H and O–H groups in total. The fourth-order valence-electron chi connectivity index (χ4n) is 2.64. The molecule has 1 heterocycles. The van der Waals surface area contributed by atoms with Gasteiger partial charge in [0.15, 0.2) is 0 Å². The monoisotopic (exact) mass is 343 g/mol. The molecule has 2 aromatic rings. The molecule has 0 saturated heterocycles. The van der Waals surface area contributed by atoms with E-state index < -0.39 is 6.10 Å². The van der Waals surface area contributed by atoms with Crippen LogP contribution in [0.1, 0.15) is 30.2 Å². The lowest BCUT2D eigenvalue weighted by Crippen LogP contribution is -2.11. The number of halogens is 3. The van der Waals surface area contributed by atoms with Gasteiger partial charge in [0.1, 0.15) is 5.82 Å². The van der Waals surface area contributed by atoms with Crippen molar-refractivity contribution in [2.75, 3.05) is 0 Å². The first-order valence-corrected chi connectivity index (χ1v) is 7.28. The molecule has 0 saturated carbocycles. The van der Waals surface area contributed by atoms with Gasteiger partial charge >= 0.3 is 0 Å². The molecule has 3 rings (SSSR count). The average Bonchev–Trinajstić information content (AvgIpc) is 2.73. The molecule has 1 atom stereocenters. The summed E-state index contributed by atoms with van der Waals surface area (Å²) in [6.07, 6.45) is 4.08. The summed E-state index contributed by atoms with van der Waals surface area (Å²) in [5, 5.41) is 10.3. The van der Waals surface area contributed by atoms with E-state index in [4.69, 9.17) is 11.6 Å². The van der Waals surface area contributed by atoms with E-state index in [-0.39, 0.29) is 5.82 Å². The minimum absolute atomic E-state index is 0.352. The molecule has 1 aliphatic carbocycles. The van der Waals surface area contributed by atoms with Gasteiger partial charge in [0, 0.05) is 21.9 Å². The maximum absolute atomic E-state index is 13.3. The number of hydrogen-bond acceptors (Lipinski definition) is 1. The van der Waals surface area contributed by atoms with Gasteiger partial charge in [0.05, 0.1) is 16.8 Å². The predicted octanol–water partition coefficient (Wildman–Crippen LogP) is 4.40. The second kappa shape index (κ2) is 4.93. The molecular weight excluding hydrogens is 333 g/mol. The molecule has 1 aliphatic rings. The number of fused-ring (bicyclic) bond motifs is 1. The Balaban J connectivity index is 2.19. The van der Waals surface area contributed by atoms with Crippen LogP contribution in [0.15, 0.2) is 28.9 Å². The summed E-state index contributed by atoms with van der Waals surface area (Å²) < 4.78 is 15.8. The quantitative estimate of drug-likeness (QED) is 0.815. The van der Waals surface area contributed by atoms with Crippen molar-refractivity contribution in [3.63, 3.8) is 0 Å². The number of benzene rings is 1. The molecule has 1 unspecified atom stereocenters. The highest BCUT2D eigenvalue weighted by atomic mass is 79.9. The van der Waals surface area contributed by atoms with Gasteiger partial charge in [-0.3, -0.25) is 0 Å². The van der Waals surface area contributed by atoms with E-state index in [2.05, 4.69) is 15.9 Å². The number of nitrogens with zero attached hydrogens (tertiary/aromatic N) is 1. The Morgan fingerprint density at radius 2 is 2.21 bits per heavy atom. The van der Waals surface area contributed by atoms with Crippen LogP contribution < -0.4 is 0 Å². The Kier molecular flexibility index (Phi) is 3.41. The van der Waals surface area contributed by atoms with Gasteiger partial charge in [-0.05, 0) is 53.4 Å². The van der Waals surface area contributed by atoms with E-state index in [1.807, 2.05) is 16.8 Å². The van der Waals surface area contributed by atoms with E-state index in [9.17, 15) is 9.50 Å². The molecule has 0 fully saturated rings. The lowest BCUT2D eigenvalue weighted by atomic mass is 9.95. The Morgan fingerprint density at radius 1 is 1.42 bits per heavy atom. The van der Waals surface area contributed by atoms with Crippen LogP contribution in [0, 0.1) is 5.82 Å². The van der Waals surface area contributed by atoms with Gasteiger partial charge in [-0.15, -0.1) is 0 Å². The van der Waals surface area contributed by atoms with Crippen LogP contribution in [0.3, 0.4) is 0 Å². The van der Waals surface area contributed by atoms with Crippen molar-refractivity contribution in [2.45, 2.75) is 25.4 Å². The minimum Gasteiger partial charge on any atom is -0.388 e. The summed E-state index contributed by atoms with van der Waals surface area (Å²) in [5.74, 6) is -0.373. The minimum atomic E-state index is -0.414. The maximum Gasteiger partial charge on any atom is 0.125 e. The molecule has 0 radical (unpaired) electrons. The summed E-state index contributed by atoms with van der Waals surface area (Å²) in [4.78, 5) is 0. The zero-order valence-corrected chi connectivity index (χ0v) is 12.4. The molecule has 19 heavy (non-hydrogen) atoms. The molecular formula is C14H12BrClFNO. The topological polar surface area (TPSA) is 25.2 Å². The molecule has 1 aromatic heterocycles. The fraction of sp³-hybridized carbons (Fsp3) is 0.286. The third-order valence-corrected chi connectivity index (χ3v) is 4.39. The Labute approximate surface area is 123 Å². The predicted molar refractivity (Wildman–Crippen MR) is 76.3 cm³/mol. The zero-order valence-electron chi connectivity index (χ0n) is 10.0. The second-order valence-electron chi connectivity index (χ2n) is 4.71. The first-order valence-electron chi connectivity index (χ1n) is 6.11. The maximum atomic E-state index is 13.3. The average molecular weight is 345 g/mol. The summed E-state index contributed by atoms with van der Waals surface area (Å²) in [6, 6.07) is 4.60. The van der Waals surface area contributed by atoms with E-state index in [1.165, 1.54) is 12.1 Å². The normalized spacial score (nSPS) is 18.4. The van der Waals surface area contributed by atoms with Crippen molar-refractivity contribution in [1.82, 2.24) is 4.57 Å². The lowest BCUT2D eigenvalue weighted by Gasteiger charge is -2.21. The van der Waals surface area contributed by atoms with Gasteiger partial charge in [0.25, 0.3) is 0 Å². The molecule has 100 valence electrons. The van der Waals surface area contributed by atoms with Gasteiger partial charge in [0.2, 0.25) is 0 Å². The number of aliphatic hydroxyl groups is 1. The first kappa shape index (κ1) is 13.2. The van der Waals surface area contributed by atoms with E-state index >= 15 is 0 Å². The zero-order chi connectivity index (χ0) is 13.6. The summed E-state index contributed by atoms with van der Waals surface area (Å²) >= 11 is 9.51. The number of hydrogen-bond donors (Lipinski definition) is 1. The molecule has 0 spiro atoms. The Bertz CT molecular complexity index is 617. The first-order chi connectivity index (χ1) is 9.08. The smallest absolute Gasteiger partial charge is 0.125 e. The number of rotatable bonds is 1. The Morgan fingerprint density at radius 3 is 2.95 bits per heavy atom. The number of aliphatic hydroxyl groups excluding tert-OH is 1. The van der Waals surface area contributed by atoms with Crippen LogP contribution in [-0.4, -0.2) is 9.67 Å². The van der Waals surface area contributed by atoms with Crippen LogP contribution >= 0.6 is 27.5 Å². The van der Waals surface area contributed by atoms with Crippen molar-refractivity contribution in [2.24, 2.45) is 0 Å². The van der Waals surface area contributed by atoms with Crippen molar-refractivity contribution in [3.05, 3.63) is 51.0 Å². The summed E-state index contributed by atoms with van der Waals surface area (Å²) in [7, 11) is 0. The highest BCUT2D eigenvalue weighted by molar-refractivity contribution is 9.10. The summed E-state index contributed by atoms with van der Waals surface area (Å²) in [6.45, 7) is 0. The van der Waals surface area contributed by atoms with E-state index in [0.717, 1.165) is 36.2 Å². The second-order valence-corrected chi connectivity index (χ2v) is 5.98. The van der Waals surface area contributed by atoms with Gasteiger partial charge in [-0.25, -0.2) is 4.39 Å². The van der Waals surface area contributed by atoms with Crippen LogP contribution in [0.25, 0.3) is 5.69 Å².